The average molecular weight is 387 g/mol. The van der Waals surface area contributed by atoms with E-state index in [1.54, 1.807) is 12.1 Å². The number of piperidine rings is 1. The van der Waals surface area contributed by atoms with E-state index in [4.69, 9.17) is 0 Å². The first-order valence-electron chi connectivity index (χ1n) is 9.36. The Morgan fingerprint density at radius 1 is 1.07 bits per heavy atom. The van der Waals surface area contributed by atoms with Crippen molar-refractivity contribution in [3.05, 3.63) is 65.7 Å². The van der Waals surface area contributed by atoms with Crippen LogP contribution in [0.15, 0.2) is 59.5 Å². The average Bonchev–Trinajstić information content (AvgIpc) is 2.73. The van der Waals surface area contributed by atoms with Crippen LogP contribution in [-0.4, -0.2) is 39.4 Å². The fourth-order valence-corrected chi connectivity index (χ4v) is 4.31. The first-order chi connectivity index (χ1) is 13.0. The lowest BCUT2D eigenvalue weighted by atomic mass is 9.90. The Bertz CT molecular complexity index is 873. The third-order valence-electron chi connectivity index (χ3n) is 5.25. The second kappa shape index (κ2) is 8.67. The van der Waals surface area contributed by atoms with Crippen molar-refractivity contribution in [2.45, 2.75) is 30.6 Å². The van der Waals surface area contributed by atoms with Crippen LogP contribution in [0.5, 0.6) is 0 Å². The van der Waals surface area contributed by atoms with Gasteiger partial charge in [0.1, 0.15) is 0 Å². The summed E-state index contributed by atoms with van der Waals surface area (Å²) in [5.74, 6) is 0.537. The van der Waals surface area contributed by atoms with Gasteiger partial charge < -0.3 is 4.90 Å². The van der Waals surface area contributed by atoms with Crippen LogP contribution in [0.4, 0.5) is 0 Å². The summed E-state index contributed by atoms with van der Waals surface area (Å²) in [6.45, 7) is 1.45. The maximum Gasteiger partial charge on any atom is 0.253 e. The number of likely N-dealkylation sites (tertiary alicyclic amines) is 1. The number of nitrogens with zero attached hydrogens (tertiary/aromatic N) is 1. The van der Waals surface area contributed by atoms with Gasteiger partial charge in [-0.05, 0) is 62.4 Å². The van der Waals surface area contributed by atoms with Crippen LogP contribution in [-0.2, 0) is 16.4 Å². The Morgan fingerprint density at radius 2 is 1.78 bits per heavy atom. The first-order valence-corrected chi connectivity index (χ1v) is 10.8. The monoisotopic (exact) mass is 386 g/mol. The molecule has 1 heterocycles. The maximum atomic E-state index is 12.8. The lowest BCUT2D eigenvalue weighted by molar-refractivity contribution is 0.0686. The van der Waals surface area contributed by atoms with Gasteiger partial charge in [-0.25, -0.2) is 13.1 Å². The summed E-state index contributed by atoms with van der Waals surface area (Å²) in [5.41, 5.74) is 1.78. The highest BCUT2D eigenvalue weighted by atomic mass is 32.2. The number of carbonyl (C=O) groups excluding carboxylic acids is 1. The third kappa shape index (κ3) is 4.96. The third-order valence-corrected chi connectivity index (χ3v) is 6.66. The summed E-state index contributed by atoms with van der Waals surface area (Å²) in [6.07, 6.45) is 4.20. The van der Waals surface area contributed by atoms with Gasteiger partial charge in [0.15, 0.2) is 0 Å². The van der Waals surface area contributed by atoms with Crippen molar-refractivity contribution >= 4 is 15.9 Å². The SMILES string of the molecule is CNS(=O)(=O)c1cccc(C(=O)N2CCC(CCc3ccccc3)CC2)c1. The van der Waals surface area contributed by atoms with Gasteiger partial charge in [0.25, 0.3) is 5.91 Å². The molecule has 1 amide bonds. The number of carbonyl (C=O) groups is 1. The molecule has 0 aromatic heterocycles. The summed E-state index contributed by atoms with van der Waals surface area (Å²) in [5, 5.41) is 0. The van der Waals surface area contributed by atoms with Crippen molar-refractivity contribution in [1.29, 1.82) is 0 Å². The molecule has 0 atom stereocenters. The standard InChI is InChI=1S/C21H26N2O3S/c1-22-27(25,26)20-9-5-8-19(16-20)21(24)23-14-12-18(13-15-23)11-10-17-6-3-2-4-7-17/h2-9,16,18,22H,10-15H2,1H3. The normalized spacial score (nSPS) is 15.7. The number of benzene rings is 2. The predicted molar refractivity (Wildman–Crippen MR) is 106 cm³/mol. The Labute approximate surface area is 161 Å². The predicted octanol–water partition coefficient (Wildman–Crippen LogP) is 3.08. The van der Waals surface area contributed by atoms with Crippen molar-refractivity contribution in [2.75, 3.05) is 20.1 Å². The largest absolute Gasteiger partial charge is 0.339 e. The van der Waals surface area contributed by atoms with E-state index in [0.29, 0.717) is 11.5 Å². The molecule has 0 aliphatic carbocycles. The van der Waals surface area contributed by atoms with Crippen molar-refractivity contribution in [2.24, 2.45) is 5.92 Å². The van der Waals surface area contributed by atoms with Crippen molar-refractivity contribution < 1.29 is 13.2 Å². The minimum atomic E-state index is -3.55. The van der Waals surface area contributed by atoms with E-state index in [-0.39, 0.29) is 10.8 Å². The number of nitrogens with one attached hydrogen (secondary N) is 1. The quantitative estimate of drug-likeness (QED) is 0.830. The smallest absolute Gasteiger partial charge is 0.253 e. The highest BCUT2D eigenvalue weighted by molar-refractivity contribution is 7.89. The van der Waals surface area contributed by atoms with Crippen LogP contribution in [0, 0.1) is 5.92 Å². The zero-order valence-corrected chi connectivity index (χ0v) is 16.4. The summed E-state index contributed by atoms with van der Waals surface area (Å²) < 4.78 is 26.2. The fraction of sp³-hybridized carbons (Fsp3) is 0.381. The van der Waals surface area contributed by atoms with Gasteiger partial charge in [0.05, 0.1) is 4.90 Å². The summed E-state index contributed by atoms with van der Waals surface area (Å²) >= 11 is 0. The number of hydrogen-bond acceptors (Lipinski definition) is 3. The molecular formula is C21H26N2O3S. The second-order valence-corrected chi connectivity index (χ2v) is 8.88. The van der Waals surface area contributed by atoms with Crippen molar-refractivity contribution in [1.82, 2.24) is 9.62 Å². The van der Waals surface area contributed by atoms with E-state index < -0.39 is 10.0 Å². The molecule has 1 N–H and O–H groups in total. The molecule has 144 valence electrons. The van der Waals surface area contributed by atoms with Gasteiger partial charge in [-0.3, -0.25) is 4.79 Å². The molecule has 6 heteroatoms. The number of aryl methyl sites for hydroxylation is 1. The van der Waals surface area contributed by atoms with Crippen LogP contribution in [0.25, 0.3) is 0 Å². The highest BCUT2D eigenvalue weighted by Gasteiger charge is 2.24. The zero-order valence-electron chi connectivity index (χ0n) is 15.6. The summed E-state index contributed by atoms with van der Waals surface area (Å²) in [7, 11) is -2.18. The van der Waals surface area contributed by atoms with Crippen molar-refractivity contribution in [3.63, 3.8) is 0 Å². The molecule has 0 radical (unpaired) electrons. The highest BCUT2D eigenvalue weighted by Crippen LogP contribution is 2.24. The number of rotatable bonds is 6. The minimum Gasteiger partial charge on any atom is -0.339 e. The van der Waals surface area contributed by atoms with E-state index in [9.17, 15) is 13.2 Å². The molecule has 1 fully saturated rings. The van der Waals surface area contributed by atoms with Gasteiger partial charge in [0, 0.05) is 18.7 Å². The molecule has 1 aliphatic rings. The van der Waals surface area contributed by atoms with Crippen LogP contribution in [0.2, 0.25) is 0 Å². The topological polar surface area (TPSA) is 66.5 Å². The summed E-state index contributed by atoms with van der Waals surface area (Å²) in [4.78, 5) is 14.7. The van der Waals surface area contributed by atoms with E-state index in [1.165, 1.54) is 24.7 Å². The van der Waals surface area contributed by atoms with Crippen LogP contribution in [0.1, 0.15) is 35.2 Å². The molecular weight excluding hydrogens is 360 g/mol. The maximum absolute atomic E-state index is 12.8. The van der Waals surface area contributed by atoms with E-state index in [2.05, 4.69) is 29.0 Å². The molecule has 2 aromatic rings. The first kappa shape index (κ1) is 19.6. The van der Waals surface area contributed by atoms with Crippen LogP contribution >= 0.6 is 0 Å². The van der Waals surface area contributed by atoms with Gasteiger partial charge in [-0.15, -0.1) is 0 Å². The molecule has 5 nitrogen and oxygen atoms in total. The number of sulfonamides is 1. The Morgan fingerprint density at radius 3 is 2.44 bits per heavy atom. The molecule has 0 saturated carbocycles. The zero-order chi connectivity index (χ0) is 19.3. The lowest BCUT2D eigenvalue weighted by Gasteiger charge is -2.32. The number of hydrogen-bond donors (Lipinski definition) is 1. The molecule has 0 bridgehead atoms. The van der Waals surface area contributed by atoms with Gasteiger partial charge in [-0.1, -0.05) is 36.4 Å². The lowest BCUT2D eigenvalue weighted by Crippen LogP contribution is -2.38. The Balaban J connectivity index is 1.56. The minimum absolute atomic E-state index is 0.0929. The van der Waals surface area contributed by atoms with E-state index in [1.807, 2.05) is 11.0 Å². The molecule has 27 heavy (non-hydrogen) atoms. The molecule has 0 unspecified atom stereocenters. The van der Waals surface area contributed by atoms with Gasteiger partial charge >= 0.3 is 0 Å². The Kier molecular flexibility index (Phi) is 6.29. The van der Waals surface area contributed by atoms with E-state index >= 15 is 0 Å². The summed E-state index contributed by atoms with van der Waals surface area (Å²) in [6, 6.07) is 16.7. The second-order valence-electron chi connectivity index (χ2n) is 7.00. The molecule has 2 aromatic carbocycles. The fourth-order valence-electron chi connectivity index (χ4n) is 3.54. The van der Waals surface area contributed by atoms with Gasteiger partial charge in [0.2, 0.25) is 10.0 Å². The molecule has 1 aliphatic heterocycles. The molecule has 3 rings (SSSR count). The van der Waals surface area contributed by atoms with Crippen LogP contribution in [0.3, 0.4) is 0 Å². The Hall–Kier alpha value is -2.18. The van der Waals surface area contributed by atoms with Gasteiger partial charge in [-0.2, -0.15) is 0 Å². The van der Waals surface area contributed by atoms with Crippen molar-refractivity contribution in [3.8, 4) is 0 Å². The van der Waals surface area contributed by atoms with Crippen LogP contribution < -0.4 is 4.72 Å². The molecule has 0 spiro atoms. The van der Waals surface area contributed by atoms with E-state index in [0.717, 1.165) is 38.8 Å². The number of amides is 1. The molecule has 1 saturated heterocycles.